The molecule has 0 aromatic heterocycles. The smallest absolute Gasteiger partial charge is 0.148 e. The normalized spacial score (nSPS) is 9.64. The summed E-state index contributed by atoms with van der Waals surface area (Å²) >= 11 is 0. The van der Waals surface area contributed by atoms with E-state index in [1.54, 1.807) is 12.1 Å². The molecular formula is C18H19ClFNO. The Morgan fingerprint density at radius 3 is 2.45 bits per heavy atom. The van der Waals surface area contributed by atoms with Crippen molar-refractivity contribution in [2.45, 2.75) is 13.0 Å². The fourth-order valence-electron chi connectivity index (χ4n) is 2.06. The van der Waals surface area contributed by atoms with Crippen LogP contribution in [0.15, 0.2) is 48.5 Å². The number of terminal acetylenes is 1. The first kappa shape index (κ1) is 18.0. The fraction of sp³-hybridized carbons (Fsp3) is 0.222. The van der Waals surface area contributed by atoms with Crippen LogP contribution in [0.2, 0.25) is 0 Å². The third-order valence-electron chi connectivity index (χ3n) is 3.13. The standard InChI is InChI=1S/C18H18FNO.ClH/c1-2-13-21-18-10-6-4-8-16(18)14-20-12-11-15-7-3-5-9-17(15)19;/h1,3-10,20H,11-14H2;1H. The van der Waals surface area contributed by atoms with E-state index in [4.69, 9.17) is 11.2 Å². The van der Waals surface area contributed by atoms with Crippen molar-refractivity contribution in [1.82, 2.24) is 5.32 Å². The first-order valence-electron chi connectivity index (χ1n) is 6.89. The predicted octanol–water partition coefficient (Wildman–Crippen LogP) is 3.59. The number of hydrogen-bond donors (Lipinski definition) is 1. The summed E-state index contributed by atoms with van der Waals surface area (Å²) in [5, 5.41) is 3.30. The molecule has 0 aliphatic heterocycles. The minimum Gasteiger partial charge on any atom is -0.481 e. The highest BCUT2D eigenvalue weighted by Gasteiger charge is 2.03. The molecule has 0 atom stereocenters. The molecule has 0 radical (unpaired) electrons. The second kappa shape index (κ2) is 9.83. The van der Waals surface area contributed by atoms with Crippen LogP contribution in [0.5, 0.6) is 5.75 Å². The molecule has 2 aromatic rings. The Balaban J connectivity index is 0.00000242. The Morgan fingerprint density at radius 1 is 1.05 bits per heavy atom. The molecule has 0 aliphatic rings. The Labute approximate surface area is 137 Å². The molecule has 0 aliphatic carbocycles. The van der Waals surface area contributed by atoms with Crippen molar-refractivity contribution in [2.75, 3.05) is 13.2 Å². The molecule has 0 saturated carbocycles. The lowest BCUT2D eigenvalue weighted by molar-refractivity contribution is 0.365. The lowest BCUT2D eigenvalue weighted by Crippen LogP contribution is -2.17. The van der Waals surface area contributed by atoms with Gasteiger partial charge in [-0.15, -0.1) is 18.8 Å². The van der Waals surface area contributed by atoms with E-state index < -0.39 is 0 Å². The van der Waals surface area contributed by atoms with Crippen LogP contribution in [-0.2, 0) is 13.0 Å². The average molecular weight is 320 g/mol. The van der Waals surface area contributed by atoms with Crippen LogP contribution in [0.25, 0.3) is 0 Å². The summed E-state index contributed by atoms with van der Waals surface area (Å²) in [6.07, 6.45) is 5.85. The van der Waals surface area contributed by atoms with E-state index in [9.17, 15) is 4.39 Å². The number of benzene rings is 2. The van der Waals surface area contributed by atoms with E-state index in [0.717, 1.165) is 16.9 Å². The summed E-state index contributed by atoms with van der Waals surface area (Å²) in [7, 11) is 0. The second-order valence-corrected chi connectivity index (χ2v) is 4.62. The maximum atomic E-state index is 13.5. The molecule has 0 unspecified atom stereocenters. The van der Waals surface area contributed by atoms with Gasteiger partial charge in [0.1, 0.15) is 18.2 Å². The van der Waals surface area contributed by atoms with Gasteiger partial charge in [0.05, 0.1) is 0 Å². The lowest BCUT2D eigenvalue weighted by Gasteiger charge is -2.10. The van der Waals surface area contributed by atoms with Gasteiger partial charge in [-0.2, -0.15) is 0 Å². The minimum absolute atomic E-state index is 0. The summed E-state index contributed by atoms with van der Waals surface area (Å²) in [5.74, 6) is 3.08. The van der Waals surface area contributed by atoms with Crippen molar-refractivity contribution in [3.63, 3.8) is 0 Å². The molecule has 22 heavy (non-hydrogen) atoms. The largest absolute Gasteiger partial charge is 0.481 e. The Morgan fingerprint density at radius 2 is 1.73 bits per heavy atom. The van der Waals surface area contributed by atoms with E-state index in [0.29, 0.717) is 19.5 Å². The number of nitrogens with one attached hydrogen (secondary N) is 1. The zero-order valence-electron chi connectivity index (χ0n) is 12.2. The van der Waals surface area contributed by atoms with Crippen LogP contribution in [-0.4, -0.2) is 13.2 Å². The zero-order valence-corrected chi connectivity index (χ0v) is 13.0. The molecule has 2 nitrogen and oxygen atoms in total. The lowest BCUT2D eigenvalue weighted by atomic mass is 10.1. The van der Waals surface area contributed by atoms with E-state index in [2.05, 4.69) is 11.2 Å². The van der Waals surface area contributed by atoms with Crippen molar-refractivity contribution >= 4 is 12.4 Å². The molecule has 0 fully saturated rings. The van der Waals surface area contributed by atoms with Gasteiger partial charge in [-0.1, -0.05) is 42.3 Å². The van der Waals surface area contributed by atoms with Gasteiger partial charge >= 0.3 is 0 Å². The number of para-hydroxylation sites is 1. The third-order valence-corrected chi connectivity index (χ3v) is 3.13. The molecule has 1 N–H and O–H groups in total. The van der Waals surface area contributed by atoms with Crippen LogP contribution in [0.3, 0.4) is 0 Å². The summed E-state index contributed by atoms with van der Waals surface area (Å²) in [5.41, 5.74) is 1.77. The SMILES string of the molecule is C#CCOc1ccccc1CNCCc1ccccc1F.Cl. The van der Waals surface area contributed by atoms with Crippen LogP contribution < -0.4 is 10.1 Å². The first-order chi connectivity index (χ1) is 10.3. The van der Waals surface area contributed by atoms with Gasteiger partial charge in [-0.3, -0.25) is 0 Å². The molecule has 2 rings (SSSR count). The van der Waals surface area contributed by atoms with Gasteiger partial charge < -0.3 is 10.1 Å². The van der Waals surface area contributed by atoms with Gasteiger partial charge in [0, 0.05) is 12.1 Å². The van der Waals surface area contributed by atoms with Gasteiger partial charge in [0.2, 0.25) is 0 Å². The number of hydrogen-bond acceptors (Lipinski definition) is 2. The van der Waals surface area contributed by atoms with Crippen molar-refractivity contribution in [2.24, 2.45) is 0 Å². The molecule has 0 amide bonds. The van der Waals surface area contributed by atoms with Crippen molar-refractivity contribution < 1.29 is 9.13 Å². The molecule has 0 heterocycles. The number of halogens is 2. The maximum Gasteiger partial charge on any atom is 0.148 e. The summed E-state index contributed by atoms with van der Waals surface area (Å²) in [6, 6.07) is 14.6. The van der Waals surface area contributed by atoms with Crippen molar-refractivity contribution in [3.8, 4) is 18.1 Å². The van der Waals surface area contributed by atoms with Gasteiger partial charge in [-0.25, -0.2) is 4.39 Å². The average Bonchev–Trinajstić information content (AvgIpc) is 2.52. The molecule has 0 spiro atoms. The monoisotopic (exact) mass is 319 g/mol. The number of rotatable bonds is 7. The van der Waals surface area contributed by atoms with Crippen molar-refractivity contribution in [1.29, 1.82) is 0 Å². The van der Waals surface area contributed by atoms with E-state index >= 15 is 0 Å². The van der Waals surface area contributed by atoms with E-state index in [1.807, 2.05) is 30.3 Å². The van der Waals surface area contributed by atoms with Crippen molar-refractivity contribution in [3.05, 3.63) is 65.5 Å². The van der Waals surface area contributed by atoms with Gasteiger partial charge in [-0.05, 0) is 30.7 Å². The second-order valence-electron chi connectivity index (χ2n) is 4.62. The summed E-state index contributed by atoms with van der Waals surface area (Å²) < 4.78 is 19.0. The highest BCUT2D eigenvalue weighted by Crippen LogP contribution is 2.17. The van der Waals surface area contributed by atoms with Crippen LogP contribution in [0.1, 0.15) is 11.1 Å². The third kappa shape index (κ3) is 5.40. The molecular weight excluding hydrogens is 301 g/mol. The Hall–Kier alpha value is -2.02. The predicted molar refractivity (Wildman–Crippen MR) is 89.8 cm³/mol. The maximum absolute atomic E-state index is 13.5. The molecule has 0 bridgehead atoms. The minimum atomic E-state index is -0.156. The number of ether oxygens (including phenoxy) is 1. The van der Waals surface area contributed by atoms with Crippen LogP contribution in [0.4, 0.5) is 4.39 Å². The zero-order chi connectivity index (χ0) is 14.9. The summed E-state index contributed by atoms with van der Waals surface area (Å²) in [4.78, 5) is 0. The van der Waals surface area contributed by atoms with Gasteiger partial charge in [0.25, 0.3) is 0 Å². The topological polar surface area (TPSA) is 21.3 Å². The van der Waals surface area contributed by atoms with Gasteiger partial charge in [0.15, 0.2) is 0 Å². The Bertz CT molecular complexity index is 624. The fourth-order valence-corrected chi connectivity index (χ4v) is 2.06. The highest BCUT2D eigenvalue weighted by molar-refractivity contribution is 5.85. The Kier molecular flexibility index (Phi) is 8.06. The molecule has 116 valence electrons. The molecule has 4 heteroatoms. The molecule has 2 aromatic carbocycles. The summed E-state index contributed by atoms with van der Waals surface area (Å²) in [6.45, 7) is 1.62. The van der Waals surface area contributed by atoms with E-state index in [-0.39, 0.29) is 24.8 Å². The van der Waals surface area contributed by atoms with Crippen LogP contribution >= 0.6 is 12.4 Å². The quantitative estimate of drug-likeness (QED) is 0.622. The molecule has 0 saturated heterocycles. The van der Waals surface area contributed by atoms with E-state index in [1.165, 1.54) is 6.07 Å². The first-order valence-corrected chi connectivity index (χ1v) is 6.89. The van der Waals surface area contributed by atoms with Crippen LogP contribution in [0, 0.1) is 18.2 Å². The highest BCUT2D eigenvalue weighted by atomic mass is 35.5.